The topological polar surface area (TPSA) is 74.5 Å². The molecule has 0 aromatic carbocycles. The van der Waals surface area contributed by atoms with Crippen LogP contribution < -0.4 is 9.47 Å². The first kappa shape index (κ1) is 10.2. The zero-order valence-corrected chi connectivity index (χ0v) is 8.20. The van der Waals surface area contributed by atoms with Gasteiger partial charge >= 0.3 is 12.0 Å². The third-order valence-corrected chi connectivity index (χ3v) is 1.59. The van der Waals surface area contributed by atoms with E-state index in [1.54, 1.807) is 18.3 Å². The average molecular weight is 220 g/mol. The van der Waals surface area contributed by atoms with Gasteiger partial charge in [-0.2, -0.15) is 4.98 Å². The molecule has 2 aromatic heterocycles. The van der Waals surface area contributed by atoms with Crippen LogP contribution in [0.25, 0.3) is 0 Å². The highest BCUT2D eigenvalue weighted by Gasteiger charge is 2.07. The van der Waals surface area contributed by atoms with E-state index >= 15 is 0 Å². The predicted octanol–water partition coefficient (Wildman–Crippen LogP) is 1.05. The smallest absolute Gasteiger partial charge is 0.393 e. The molecule has 0 atom stereocenters. The van der Waals surface area contributed by atoms with Gasteiger partial charge in [-0.3, -0.25) is 4.98 Å². The molecule has 0 spiro atoms. The standard InChI is InChI=1S/C10H8N2O4/c13-9(7-15-10-12-4-5-14-10)16-8-2-1-3-11-6-8/h1-6H,7H2. The number of esters is 1. The van der Waals surface area contributed by atoms with Crippen LogP contribution in [0.5, 0.6) is 11.8 Å². The highest BCUT2D eigenvalue weighted by molar-refractivity contribution is 5.73. The minimum absolute atomic E-state index is 0.0307. The summed E-state index contributed by atoms with van der Waals surface area (Å²) in [5.41, 5.74) is 0. The van der Waals surface area contributed by atoms with Crippen molar-refractivity contribution >= 4 is 5.97 Å². The summed E-state index contributed by atoms with van der Waals surface area (Å²) >= 11 is 0. The molecular weight excluding hydrogens is 212 g/mol. The Morgan fingerprint density at radius 3 is 3.06 bits per heavy atom. The number of aromatic nitrogens is 2. The van der Waals surface area contributed by atoms with E-state index in [4.69, 9.17) is 13.9 Å². The molecule has 6 nitrogen and oxygen atoms in total. The first-order chi connectivity index (χ1) is 7.84. The lowest BCUT2D eigenvalue weighted by atomic mass is 10.5. The van der Waals surface area contributed by atoms with Crippen molar-refractivity contribution in [2.75, 3.05) is 6.61 Å². The fourth-order valence-electron chi connectivity index (χ4n) is 0.971. The molecule has 0 saturated heterocycles. The molecule has 16 heavy (non-hydrogen) atoms. The Bertz CT molecular complexity index is 441. The van der Waals surface area contributed by atoms with Crippen molar-refractivity contribution in [3.05, 3.63) is 37.0 Å². The van der Waals surface area contributed by atoms with Crippen LogP contribution in [0.2, 0.25) is 0 Å². The van der Waals surface area contributed by atoms with E-state index in [2.05, 4.69) is 9.97 Å². The van der Waals surface area contributed by atoms with Gasteiger partial charge in [-0.1, -0.05) is 0 Å². The van der Waals surface area contributed by atoms with Crippen molar-refractivity contribution in [1.29, 1.82) is 0 Å². The number of hydrogen-bond acceptors (Lipinski definition) is 6. The van der Waals surface area contributed by atoms with Crippen LogP contribution in [0.15, 0.2) is 41.4 Å². The van der Waals surface area contributed by atoms with Gasteiger partial charge < -0.3 is 13.9 Å². The Hall–Kier alpha value is -2.37. The molecule has 82 valence electrons. The number of pyridine rings is 1. The first-order valence-corrected chi connectivity index (χ1v) is 4.47. The number of nitrogens with zero attached hydrogens (tertiary/aromatic N) is 2. The molecule has 0 unspecified atom stereocenters. The van der Waals surface area contributed by atoms with Gasteiger partial charge in [0.1, 0.15) is 12.0 Å². The van der Waals surface area contributed by atoms with Crippen LogP contribution in [-0.2, 0) is 4.79 Å². The maximum Gasteiger partial charge on any atom is 0.393 e. The van der Waals surface area contributed by atoms with Gasteiger partial charge in [0.25, 0.3) is 0 Å². The van der Waals surface area contributed by atoms with Gasteiger partial charge in [0.15, 0.2) is 6.61 Å². The zero-order chi connectivity index (χ0) is 11.2. The normalized spacial score (nSPS) is 9.75. The number of oxazole rings is 1. The Morgan fingerprint density at radius 1 is 1.44 bits per heavy atom. The van der Waals surface area contributed by atoms with Crippen LogP contribution >= 0.6 is 0 Å². The van der Waals surface area contributed by atoms with Crippen molar-refractivity contribution in [2.24, 2.45) is 0 Å². The van der Waals surface area contributed by atoms with Crippen LogP contribution in [0.1, 0.15) is 0 Å². The molecule has 0 N–H and O–H groups in total. The first-order valence-electron chi connectivity index (χ1n) is 4.47. The van der Waals surface area contributed by atoms with E-state index in [1.165, 1.54) is 18.7 Å². The molecule has 0 fully saturated rings. The molecule has 0 saturated carbocycles. The van der Waals surface area contributed by atoms with E-state index < -0.39 is 5.97 Å². The summed E-state index contributed by atoms with van der Waals surface area (Å²) in [6, 6.07) is 3.29. The van der Waals surface area contributed by atoms with E-state index in [9.17, 15) is 4.79 Å². The van der Waals surface area contributed by atoms with Crippen LogP contribution in [0, 0.1) is 0 Å². The summed E-state index contributed by atoms with van der Waals surface area (Å²) in [5, 5.41) is 0. The Kier molecular flexibility index (Phi) is 3.12. The molecule has 2 rings (SSSR count). The van der Waals surface area contributed by atoms with Crippen molar-refractivity contribution in [2.45, 2.75) is 0 Å². The van der Waals surface area contributed by atoms with E-state index in [0.717, 1.165) is 0 Å². The maximum atomic E-state index is 11.3. The molecule has 0 bridgehead atoms. The fourth-order valence-corrected chi connectivity index (χ4v) is 0.971. The van der Waals surface area contributed by atoms with Crippen LogP contribution in [-0.4, -0.2) is 22.5 Å². The molecule has 0 aliphatic carbocycles. The van der Waals surface area contributed by atoms with E-state index in [0.29, 0.717) is 5.75 Å². The molecular formula is C10H8N2O4. The number of carbonyl (C=O) groups is 1. The zero-order valence-electron chi connectivity index (χ0n) is 8.20. The highest BCUT2D eigenvalue weighted by atomic mass is 16.6. The summed E-state index contributed by atoms with van der Waals surface area (Å²) in [4.78, 5) is 18.7. The monoisotopic (exact) mass is 220 g/mol. The predicted molar refractivity (Wildman–Crippen MR) is 51.9 cm³/mol. The molecule has 0 radical (unpaired) electrons. The second-order valence-electron chi connectivity index (χ2n) is 2.75. The third-order valence-electron chi connectivity index (χ3n) is 1.59. The van der Waals surface area contributed by atoms with Gasteiger partial charge in [0.05, 0.1) is 12.4 Å². The third kappa shape index (κ3) is 2.81. The van der Waals surface area contributed by atoms with Gasteiger partial charge in [-0.05, 0) is 12.1 Å². The summed E-state index contributed by atoms with van der Waals surface area (Å²) < 4.78 is 14.6. The quantitative estimate of drug-likeness (QED) is 0.717. The lowest BCUT2D eigenvalue weighted by Gasteiger charge is -2.02. The lowest BCUT2D eigenvalue weighted by molar-refractivity contribution is -0.137. The second kappa shape index (κ2) is 4.92. The number of ether oxygens (including phenoxy) is 2. The average Bonchev–Trinajstić information content (AvgIpc) is 2.81. The fraction of sp³-hybridized carbons (Fsp3) is 0.100. The molecule has 0 amide bonds. The summed E-state index contributed by atoms with van der Waals surface area (Å²) in [6.07, 6.45) is 5.82. The SMILES string of the molecule is O=C(COc1ncco1)Oc1cccnc1. The second-order valence-corrected chi connectivity index (χ2v) is 2.75. The van der Waals surface area contributed by atoms with E-state index in [1.807, 2.05) is 0 Å². The van der Waals surface area contributed by atoms with E-state index in [-0.39, 0.29) is 12.7 Å². The summed E-state index contributed by atoms with van der Waals surface area (Å²) in [5.74, 6) is -0.185. The summed E-state index contributed by atoms with van der Waals surface area (Å²) in [7, 11) is 0. The molecule has 2 aromatic rings. The van der Waals surface area contributed by atoms with Crippen LogP contribution in [0.3, 0.4) is 0 Å². The highest BCUT2D eigenvalue weighted by Crippen LogP contribution is 2.07. The lowest BCUT2D eigenvalue weighted by Crippen LogP contribution is -2.17. The van der Waals surface area contributed by atoms with Gasteiger partial charge in [-0.25, -0.2) is 4.79 Å². The number of carbonyl (C=O) groups excluding carboxylic acids is 1. The maximum absolute atomic E-state index is 11.3. The Labute approximate surface area is 90.8 Å². The summed E-state index contributed by atoms with van der Waals surface area (Å²) in [6.45, 7) is -0.268. The van der Waals surface area contributed by atoms with Gasteiger partial charge in [-0.15, -0.1) is 0 Å². The largest absolute Gasteiger partial charge is 0.438 e. The Morgan fingerprint density at radius 2 is 2.38 bits per heavy atom. The van der Waals surface area contributed by atoms with Crippen molar-refractivity contribution < 1.29 is 18.7 Å². The van der Waals surface area contributed by atoms with Crippen molar-refractivity contribution in [3.8, 4) is 11.8 Å². The number of hydrogen-bond donors (Lipinski definition) is 0. The Balaban J connectivity index is 1.81. The van der Waals surface area contributed by atoms with Crippen molar-refractivity contribution in [3.63, 3.8) is 0 Å². The minimum atomic E-state index is -0.550. The molecule has 0 aliphatic heterocycles. The van der Waals surface area contributed by atoms with Crippen molar-refractivity contribution in [1.82, 2.24) is 9.97 Å². The van der Waals surface area contributed by atoms with Crippen LogP contribution in [0.4, 0.5) is 0 Å². The number of rotatable bonds is 4. The van der Waals surface area contributed by atoms with Gasteiger partial charge in [0.2, 0.25) is 0 Å². The molecule has 6 heteroatoms. The minimum Gasteiger partial charge on any atom is -0.438 e. The van der Waals surface area contributed by atoms with Gasteiger partial charge in [0, 0.05) is 6.20 Å². The molecule has 0 aliphatic rings. The molecule has 2 heterocycles.